The Bertz CT molecular complexity index is 331. The molecule has 0 aliphatic heterocycles. The molecule has 0 spiro atoms. The molecule has 0 bridgehead atoms. The van der Waals surface area contributed by atoms with Gasteiger partial charge in [-0.15, -0.1) is 0 Å². The minimum Gasteiger partial charge on any atom is -0.496 e. The topological polar surface area (TPSA) is 38.5 Å². The van der Waals surface area contributed by atoms with Crippen molar-refractivity contribution in [3.8, 4) is 5.75 Å². The molecule has 1 aromatic carbocycles. The summed E-state index contributed by atoms with van der Waals surface area (Å²) in [6, 6.07) is 8.45. The number of para-hydroxylation sites is 1. The van der Waals surface area contributed by atoms with Crippen LogP contribution in [-0.4, -0.2) is 31.6 Å². The van der Waals surface area contributed by atoms with Gasteiger partial charge < -0.3 is 10.5 Å². The molecule has 0 aromatic heterocycles. The Kier molecular flexibility index (Phi) is 5.45. The van der Waals surface area contributed by atoms with Crippen molar-refractivity contribution < 1.29 is 4.74 Å². The molecule has 1 aromatic rings. The largest absolute Gasteiger partial charge is 0.496 e. The molecule has 3 heteroatoms. The first-order chi connectivity index (χ1) is 8.15. The fraction of sp³-hybridized carbons (Fsp3) is 0.571. The lowest BCUT2D eigenvalue weighted by atomic mass is 9.96. The van der Waals surface area contributed by atoms with Crippen molar-refractivity contribution >= 4 is 0 Å². The van der Waals surface area contributed by atoms with Crippen LogP contribution >= 0.6 is 0 Å². The summed E-state index contributed by atoms with van der Waals surface area (Å²) in [7, 11) is 3.81. The van der Waals surface area contributed by atoms with Gasteiger partial charge in [0.1, 0.15) is 5.75 Å². The van der Waals surface area contributed by atoms with E-state index in [2.05, 4.69) is 31.9 Å². The number of ether oxygens (including phenoxy) is 1. The highest BCUT2D eigenvalue weighted by Gasteiger charge is 2.24. The van der Waals surface area contributed by atoms with E-state index in [1.807, 2.05) is 18.2 Å². The van der Waals surface area contributed by atoms with Crippen molar-refractivity contribution in [2.75, 3.05) is 20.7 Å². The van der Waals surface area contributed by atoms with E-state index in [1.165, 1.54) is 5.56 Å². The molecule has 3 nitrogen and oxygen atoms in total. The molecule has 0 saturated heterocycles. The maximum atomic E-state index is 6.25. The molecule has 17 heavy (non-hydrogen) atoms. The van der Waals surface area contributed by atoms with Crippen LogP contribution in [0.4, 0.5) is 0 Å². The van der Waals surface area contributed by atoms with E-state index < -0.39 is 0 Å². The highest BCUT2D eigenvalue weighted by Crippen LogP contribution is 2.31. The Labute approximate surface area is 105 Å². The maximum absolute atomic E-state index is 6.25. The zero-order chi connectivity index (χ0) is 12.8. The highest BCUT2D eigenvalue weighted by atomic mass is 16.5. The van der Waals surface area contributed by atoms with Crippen LogP contribution in [0.3, 0.4) is 0 Å². The van der Waals surface area contributed by atoms with Gasteiger partial charge in [-0.25, -0.2) is 0 Å². The zero-order valence-electron chi connectivity index (χ0n) is 11.3. The lowest BCUT2D eigenvalue weighted by Crippen LogP contribution is -2.38. The van der Waals surface area contributed by atoms with Crippen molar-refractivity contribution in [2.45, 2.75) is 32.4 Å². The van der Waals surface area contributed by atoms with Crippen LogP contribution in [0.5, 0.6) is 5.75 Å². The monoisotopic (exact) mass is 236 g/mol. The van der Waals surface area contributed by atoms with Crippen molar-refractivity contribution in [3.63, 3.8) is 0 Å². The molecule has 0 aliphatic rings. The SMILES string of the molecule is CCC(N)C(c1ccccc1OC)N(C)CC. The van der Waals surface area contributed by atoms with Crippen LogP contribution in [0, 0.1) is 0 Å². The van der Waals surface area contributed by atoms with Gasteiger partial charge in [-0.3, -0.25) is 4.90 Å². The molecule has 0 amide bonds. The number of likely N-dealkylation sites (N-methyl/N-ethyl adjacent to an activating group) is 1. The van der Waals surface area contributed by atoms with E-state index in [0.717, 1.165) is 18.7 Å². The van der Waals surface area contributed by atoms with Gasteiger partial charge in [-0.05, 0) is 26.1 Å². The molecule has 2 N–H and O–H groups in total. The Morgan fingerprint density at radius 3 is 2.47 bits per heavy atom. The third-order valence-corrected chi connectivity index (χ3v) is 3.31. The van der Waals surface area contributed by atoms with E-state index in [1.54, 1.807) is 7.11 Å². The molecular weight excluding hydrogens is 212 g/mol. The third kappa shape index (κ3) is 3.20. The lowest BCUT2D eigenvalue weighted by Gasteiger charge is -2.32. The fourth-order valence-corrected chi connectivity index (χ4v) is 2.13. The van der Waals surface area contributed by atoms with Crippen molar-refractivity contribution in [1.29, 1.82) is 0 Å². The Morgan fingerprint density at radius 1 is 1.29 bits per heavy atom. The number of benzene rings is 1. The molecule has 0 fully saturated rings. The number of hydrogen-bond acceptors (Lipinski definition) is 3. The molecular formula is C14H24N2O. The quantitative estimate of drug-likeness (QED) is 0.824. The van der Waals surface area contributed by atoms with Crippen LogP contribution in [0.2, 0.25) is 0 Å². The first-order valence-electron chi connectivity index (χ1n) is 6.24. The summed E-state index contributed by atoms with van der Waals surface area (Å²) in [5.74, 6) is 0.918. The van der Waals surface area contributed by atoms with E-state index in [4.69, 9.17) is 10.5 Å². The Hall–Kier alpha value is -1.06. The van der Waals surface area contributed by atoms with Gasteiger partial charge in [0.25, 0.3) is 0 Å². The van der Waals surface area contributed by atoms with E-state index in [-0.39, 0.29) is 12.1 Å². The van der Waals surface area contributed by atoms with Crippen LogP contribution in [-0.2, 0) is 0 Å². The molecule has 96 valence electrons. The minimum atomic E-state index is 0.122. The fourth-order valence-electron chi connectivity index (χ4n) is 2.13. The smallest absolute Gasteiger partial charge is 0.123 e. The maximum Gasteiger partial charge on any atom is 0.123 e. The summed E-state index contributed by atoms with van der Waals surface area (Å²) in [6.45, 7) is 5.23. The summed E-state index contributed by atoms with van der Waals surface area (Å²) in [5.41, 5.74) is 7.43. The van der Waals surface area contributed by atoms with Gasteiger partial charge in [0, 0.05) is 11.6 Å². The minimum absolute atomic E-state index is 0.122. The Morgan fingerprint density at radius 2 is 1.94 bits per heavy atom. The zero-order valence-corrected chi connectivity index (χ0v) is 11.3. The van der Waals surface area contributed by atoms with Crippen molar-refractivity contribution in [1.82, 2.24) is 4.90 Å². The van der Waals surface area contributed by atoms with Gasteiger partial charge in [0.05, 0.1) is 13.2 Å². The van der Waals surface area contributed by atoms with Crippen molar-refractivity contribution in [2.24, 2.45) is 5.73 Å². The predicted octanol–water partition coefficient (Wildman–Crippen LogP) is 2.43. The van der Waals surface area contributed by atoms with E-state index in [0.29, 0.717) is 0 Å². The standard InChI is InChI=1S/C14H24N2O/c1-5-12(15)14(16(3)6-2)11-9-7-8-10-13(11)17-4/h7-10,12,14H,5-6,15H2,1-4H3. The highest BCUT2D eigenvalue weighted by molar-refractivity contribution is 5.36. The number of methoxy groups -OCH3 is 1. The summed E-state index contributed by atoms with van der Waals surface area (Å²) < 4.78 is 5.43. The summed E-state index contributed by atoms with van der Waals surface area (Å²) in [5, 5.41) is 0. The van der Waals surface area contributed by atoms with Crippen LogP contribution in [0.25, 0.3) is 0 Å². The lowest BCUT2D eigenvalue weighted by molar-refractivity contribution is 0.214. The van der Waals surface area contributed by atoms with E-state index >= 15 is 0 Å². The Balaban J connectivity index is 3.12. The normalized spacial score (nSPS) is 14.7. The van der Waals surface area contributed by atoms with Gasteiger partial charge in [-0.1, -0.05) is 32.0 Å². The predicted molar refractivity (Wildman–Crippen MR) is 72.3 cm³/mol. The van der Waals surface area contributed by atoms with Crippen LogP contribution < -0.4 is 10.5 Å². The van der Waals surface area contributed by atoms with Crippen molar-refractivity contribution in [3.05, 3.63) is 29.8 Å². The number of nitrogens with two attached hydrogens (primary N) is 1. The second-order valence-corrected chi connectivity index (χ2v) is 4.33. The van der Waals surface area contributed by atoms with Gasteiger partial charge in [0.15, 0.2) is 0 Å². The van der Waals surface area contributed by atoms with Crippen LogP contribution in [0.1, 0.15) is 31.9 Å². The molecule has 2 atom stereocenters. The molecule has 1 rings (SSSR count). The molecule has 2 unspecified atom stereocenters. The molecule has 0 saturated carbocycles. The number of rotatable bonds is 6. The number of hydrogen-bond donors (Lipinski definition) is 1. The first-order valence-corrected chi connectivity index (χ1v) is 6.24. The second kappa shape index (κ2) is 6.62. The summed E-state index contributed by atoms with van der Waals surface area (Å²) in [4.78, 5) is 2.27. The number of nitrogens with zero attached hydrogens (tertiary/aromatic N) is 1. The third-order valence-electron chi connectivity index (χ3n) is 3.31. The second-order valence-electron chi connectivity index (χ2n) is 4.33. The average molecular weight is 236 g/mol. The van der Waals surface area contributed by atoms with Gasteiger partial charge in [-0.2, -0.15) is 0 Å². The van der Waals surface area contributed by atoms with Crippen LogP contribution in [0.15, 0.2) is 24.3 Å². The van der Waals surface area contributed by atoms with Gasteiger partial charge >= 0.3 is 0 Å². The first kappa shape index (κ1) is 14.0. The summed E-state index contributed by atoms with van der Waals surface area (Å²) >= 11 is 0. The molecule has 0 aliphatic carbocycles. The van der Waals surface area contributed by atoms with E-state index in [9.17, 15) is 0 Å². The molecule has 0 radical (unpaired) electrons. The average Bonchev–Trinajstić information content (AvgIpc) is 2.39. The summed E-state index contributed by atoms with van der Waals surface area (Å²) in [6.07, 6.45) is 0.951. The molecule has 0 heterocycles. The van der Waals surface area contributed by atoms with Gasteiger partial charge in [0.2, 0.25) is 0 Å².